The van der Waals surface area contributed by atoms with Gasteiger partial charge in [0.15, 0.2) is 12.6 Å². The van der Waals surface area contributed by atoms with Crippen molar-refractivity contribution in [2.75, 3.05) is 19.8 Å². The predicted molar refractivity (Wildman–Crippen MR) is 156 cm³/mol. The van der Waals surface area contributed by atoms with Crippen molar-refractivity contribution in [3.63, 3.8) is 0 Å². The van der Waals surface area contributed by atoms with E-state index in [1.54, 1.807) is 30.3 Å². The SMILES string of the molecule is CC(=O)N[C@H]1[C@H]([C@@H](O)[C@H](O)CO)O[C@@](O[C@H]2[C@@H](O)[C@@H](CO)O[C@@H](O[C@H]3[C@H](O)[C@@H](O)[C@H](OCc4ccccc4)O[C@@H]3CO)[C@@H]2O)(C(=O)[O-])C[C@@H]1O.[Na+]. The summed E-state index contributed by atoms with van der Waals surface area (Å²) in [6.07, 6.45) is -27.3. The summed E-state index contributed by atoms with van der Waals surface area (Å²) >= 11 is 0. The molecule has 0 aliphatic carbocycles. The fourth-order valence-electron chi connectivity index (χ4n) is 6.03. The number of carbonyl (C=O) groups is 2. The van der Waals surface area contributed by atoms with Crippen LogP contribution in [0.2, 0.25) is 0 Å². The fourth-order valence-corrected chi connectivity index (χ4v) is 6.03. The third-order valence-corrected chi connectivity index (χ3v) is 8.69. The van der Waals surface area contributed by atoms with E-state index in [9.17, 15) is 65.8 Å². The van der Waals surface area contributed by atoms with Crippen LogP contribution in [0.5, 0.6) is 0 Å². The Bertz CT molecular complexity index is 1250. The van der Waals surface area contributed by atoms with E-state index in [4.69, 9.17) is 28.4 Å². The zero-order valence-electron chi connectivity index (χ0n) is 27.7. The van der Waals surface area contributed by atoms with Gasteiger partial charge in [-0.1, -0.05) is 30.3 Å². The van der Waals surface area contributed by atoms with Crippen LogP contribution in [0.4, 0.5) is 0 Å². The maximum atomic E-state index is 12.6. The third kappa shape index (κ3) is 9.99. The maximum Gasteiger partial charge on any atom is 1.00 e. The number of benzene rings is 1. The molecule has 20 nitrogen and oxygen atoms in total. The normalized spacial score (nSPS) is 39.7. The number of amides is 1. The first-order valence-corrected chi connectivity index (χ1v) is 15.7. The Balaban J connectivity index is 0.00000702. The fraction of sp³-hybridized carbons (Fsp3) is 0.733. The van der Waals surface area contributed by atoms with Crippen molar-refractivity contribution in [1.82, 2.24) is 5.32 Å². The van der Waals surface area contributed by atoms with Crippen molar-refractivity contribution >= 4 is 11.9 Å². The summed E-state index contributed by atoms with van der Waals surface area (Å²) < 4.78 is 33.4. The van der Waals surface area contributed by atoms with Crippen molar-refractivity contribution in [1.29, 1.82) is 0 Å². The van der Waals surface area contributed by atoms with Gasteiger partial charge in [-0.15, -0.1) is 0 Å². The molecule has 1 aromatic carbocycles. The van der Waals surface area contributed by atoms with E-state index >= 15 is 0 Å². The zero-order chi connectivity index (χ0) is 36.9. The van der Waals surface area contributed by atoms with Crippen LogP contribution in [-0.2, 0) is 44.6 Å². The minimum Gasteiger partial charge on any atom is -0.544 e. The third-order valence-electron chi connectivity index (χ3n) is 8.69. The van der Waals surface area contributed by atoms with Gasteiger partial charge in [0.2, 0.25) is 11.7 Å². The van der Waals surface area contributed by atoms with E-state index < -0.39 is 136 Å². The number of ether oxygens (including phenoxy) is 6. The van der Waals surface area contributed by atoms with Gasteiger partial charge in [-0.05, 0) is 5.56 Å². The number of aliphatic hydroxyl groups excluding tert-OH is 10. The molecule has 3 fully saturated rings. The maximum absolute atomic E-state index is 12.6. The Labute approximate surface area is 313 Å². The molecule has 3 heterocycles. The van der Waals surface area contributed by atoms with Gasteiger partial charge in [0.1, 0.15) is 73.1 Å². The summed E-state index contributed by atoms with van der Waals surface area (Å²) in [4.78, 5) is 24.4. The minimum atomic E-state index is -3.13. The molecule has 11 N–H and O–H groups in total. The number of nitrogens with one attached hydrogen (secondary N) is 1. The second-order valence-electron chi connectivity index (χ2n) is 12.3. The average molecular weight is 746 g/mol. The van der Waals surface area contributed by atoms with Gasteiger partial charge < -0.3 is 94.7 Å². The van der Waals surface area contributed by atoms with Crippen LogP contribution < -0.4 is 40.0 Å². The van der Waals surface area contributed by atoms with E-state index in [2.05, 4.69) is 5.32 Å². The Hall–Kier alpha value is -1.48. The van der Waals surface area contributed by atoms with Gasteiger partial charge in [0, 0.05) is 13.3 Å². The molecule has 0 radical (unpaired) electrons. The molecule has 3 saturated heterocycles. The van der Waals surface area contributed by atoms with Crippen LogP contribution in [0.1, 0.15) is 18.9 Å². The molecule has 284 valence electrons. The monoisotopic (exact) mass is 745 g/mol. The Morgan fingerprint density at radius 3 is 2.12 bits per heavy atom. The van der Waals surface area contributed by atoms with Crippen molar-refractivity contribution in [2.45, 2.75) is 118 Å². The first-order chi connectivity index (χ1) is 23.7. The molecule has 3 aliphatic rings. The Morgan fingerprint density at radius 1 is 0.922 bits per heavy atom. The van der Waals surface area contributed by atoms with Crippen LogP contribution in [0, 0.1) is 0 Å². The van der Waals surface area contributed by atoms with Gasteiger partial charge in [0.05, 0.1) is 38.6 Å². The van der Waals surface area contributed by atoms with Crippen molar-refractivity contribution in [3.05, 3.63) is 35.9 Å². The molecule has 16 atom stereocenters. The summed E-state index contributed by atoms with van der Waals surface area (Å²) in [5.74, 6) is -6.10. The van der Waals surface area contributed by atoms with E-state index in [1.165, 1.54) is 0 Å². The molecule has 21 heteroatoms. The number of carbonyl (C=O) groups excluding carboxylic acids is 2. The second kappa shape index (κ2) is 19.2. The van der Waals surface area contributed by atoms with E-state index in [0.717, 1.165) is 6.92 Å². The average Bonchev–Trinajstić information content (AvgIpc) is 3.09. The topological polar surface area (TPSA) is 327 Å². The van der Waals surface area contributed by atoms with Crippen LogP contribution in [0.15, 0.2) is 30.3 Å². The van der Waals surface area contributed by atoms with E-state index in [-0.39, 0.29) is 36.2 Å². The van der Waals surface area contributed by atoms with Crippen molar-refractivity contribution in [2.24, 2.45) is 0 Å². The number of carboxylic acids is 1. The molecular formula is C30H44NNaO19. The Morgan fingerprint density at radius 2 is 1.55 bits per heavy atom. The number of aliphatic hydroxyl groups is 10. The number of aliphatic carboxylic acids is 1. The zero-order valence-corrected chi connectivity index (χ0v) is 29.7. The Kier molecular flexibility index (Phi) is 16.5. The van der Waals surface area contributed by atoms with Gasteiger partial charge >= 0.3 is 29.6 Å². The molecule has 0 unspecified atom stereocenters. The van der Waals surface area contributed by atoms with Crippen molar-refractivity contribution in [3.8, 4) is 0 Å². The standard InChI is InChI=1S/C30H45NO19.Na/c1-12(35)31-18-14(36)7-30(29(43)44,49-25(18)19(38)15(37)8-32)50-26-20(39)16(9-33)46-28(23(26)42)48-24-17(10-34)47-27(22(41)21(24)40)45-11-13-5-3-2-4-6-13;/h2-6,14-28,32-34,36-42H,7-11H2,1H3,(H,31,35)(H,43,44);/q;+1/p-1/t14-,15+,16+,17+,18+,19-,20-,21+,22+,23+,24+,25+,26-,27+,28-,30-;/m0./s1. The molecular weight excluding hydrogens is 701 g/mol. The molecule has 1 aromatic rings. The smallest absolute Gasteiger partial charge is 0.544 e. The van der Waals surface area contributed by atoms with Crippen molar-refractivity contribution < 1.29 is 124 Å². The molecule has 51 heavy (non-hydrogen) atoms. The molecule has 4 rings (SSSR count). The van der Waals surface area contributed by atoms with E-state index in [1.807, 2.05) is 0 Å². The minimum absolute atomic E-state index is 0. The first-order valence-electron chi connectivity index (χ1n) is 15.7. The summed E-state index contributed by atoms with van der Waals surface area (Å²) in [5, 5.41) is 120. The largest absolute Gasteiger partial charge is 1.00 e. The molecule has 3 aliphatic heterocycles. The van der Waals surface area contributed by atoms with Crippen LogP contribution in [0.3, 0.4) is 0 Å². The molecule has 1 amide bonds. The molecule has 0 spiro atoms. The number of carboxylic acid groups (broad SMARTS) is 1. The van der Waals surface area contributed by atoms with Crippen LogP contribution in [-0.4, -0.2) is 180 Å². The van der Waals surface area contributed by atoms with Gasteiger partial charge in [-0.2, -0.15) is 0 Å². The molecule has 0 saturated carbocycles. The van der Waals surface area contributed by atoms with Crippen LogP contribution in [0.25, 0.3) is 0 Å². The number of rotatable bonds is 14. The summed E-state index contributed by atoms with van der Waals surface area (Å²) in [5.41, 5.74) is 0.704. The van der Waals surface area contributed by atoms with E-state index in [0.29, 0.717) is 5.56 Å². The second-order valence-corrected chi connectivity index (χ2v) is 12.3. The van der Waals surface area contributed by atoms with Crippen LogP contribution >= 0.6 is 0 Å². The number of hydrogen-bond donors (Lipinski definition) is 11. The van der Waals surface area contributed by atoms with Gasteiger partial charge in [-0.3, -0.25) is 4.79 Å². The quantitative estimate of drug-likeness (QED) is 0.0788. The predicted octanol–water partition coefficient (Wildman–Crippen LogP) is -10.3. The summed E-state index contributed by atoms with van der Waals surface area (Å²) in [7, 11) is 0. The van der Waals surface area contributed by atoms with Gasteiger partial charge in [-0.25, -0.2) is 0 Å². The first kappa shape index (κ1) is 43.9. The summed E-state index contributed by atoms with van der Waals surface area (Å²) in [6.45, 7) is -1.86. The summed E-state index contributed by atoms with van der Waals surface area (Å²) in [6, 6.07) is 7.18. The molecule has 0 aromatic heterocycles. The molecule has 0 bridgehead atoms. The number of hydrogen-bond acceptors (Lipinski definition) is 19. The van der Waals surface area contributed by atoms with Gasteiger partial charge in [0.25, 0.3) is 0 Å².